The van der Waals surface area contributed by atoms with Crippen LogP contribution in [0.4, 0.5) is 0 Å². The predicted molar refractivity (Wildman–Crippen MR) is 346 cm³/mol. The average Bonchev–Trinajstić information content (AvgIpc) is 0.771. The van der Waals surface area contributed by atoms with Gasteiger partial charge in [0.05, 0.1) is 70.6 Å². The molecular formula is C63H105N3O47. The Morgan fingerprint density at radius 1 is 0.381 bits per heavy atom. The fourth-order valence-electron chi connectivity index (χ4n) is 14.5. The molecule has 0 radical (unpaired) electrons. The fourth-order valence-corrected chi connectivity index (χ4v) is 14.5. The summed E-state index contributed by atoms with van der Waals surface area (Å²) in [6.07, 6.45) is -88.3. The zero-order chi connectivity index (χ0) is 83.6. The van der Waals surface area contributed by atoms with Crippen molar-refractivity contribution in [1.29, 1.82) is 0 Å². The Morgan fingerprint density at radius 3 is 1.32 bits per heavy atom. The van der Waals surface area contributed by atoms with Crippen molar-refractivity contribution >= 4 is 23.7 Å². The molecule has 0 aromatic carbocycles. The third-order valence-electron chi connectivity index (χ3n) is 20.8. The molecule has 9 aliphatic heterocycles. The van der Waals surface area contributed by atoms with Gasteiger partial charge >= 0.3 is 5.97 Å². The monoisotopic (exact) mass is 1660 g/mol. The number of nitrogens with one attached hydrogen (secondary N) is 3. The van der Waals surface area contributed by atoms with E-state index >= 15 is 0 Å². The first-order valence-electron chi connectivity index (χ1n) is 36.0. The molecular weight excluding hydrogens is 1550 g/mol. The number of hydrogen-bond acceptors (Lipinski definition) is 46. The largest absolute Gasteiger partial charge is 0.477 e. The zero-order valence-corrected chi connectivity index (χ0v) is 60.8. The second-order valence-corrected chi connectivity index (χ2v) is 28.9. The van der Waals surface area contributed by atoms with Gasteiger partial charge in [0.15, 0.2) is 50.3 Å². The normalized spacial score (nSPS) is 49.2. The maximum absolute atomic E-state index is 13.5. The molecule has 0 aliphatic carbocycles. The van der Waals surface area contributed by atoms with Gasteiger partial charge in [0.2, 0.25) is 17.7 Å². The first kappa shape index (κ1) is 93.1. The van der Waals surface area contributed by atoms with Gasteiger partial charge in [-0.05, 0) is 13.8 Å². The van der Waals surface area contributed by atoms with Gasteiger partial charge in [0.1, 0.15) is 201 Å². The van der Waals surface area contributed by atoms with Crippen molar-refractivity contribution in [2.24, 2.45) is 0 Å². The molecule has 113 heavy (non-hydrogen) atoms. The summed E-state index contributed by atoms with van der Waals surface area (Å²) in [5.74, 6) is -7.94. The van der Waals surface area contributed by atoms with E-state index in [4.69, 9.17) is 80.5 Å². The van der Waals surface area contributed by atoms with Crippen molar-refractivity contribution in [2.45, 2.75) is 323 Å². The van der Waals surface area contributed by atoms with Crippen LogP contribution in [0.25, 0.3) is 0 Å². The van der Waals surface area contributed by atoms with Gasteiger partial charge in [0, 0.05) is 27.2 Å². The fraction of sp³-hybridized carbons (Fsp3) is 0.937. The first-order chi connectivity index (χ1) is 53.2. The molecule has 3 amide bonds. The summed E-state index contributed by atoms with van der Waals surface area (Å²) in [6.45, 7) is -2.81. The van der Waals surface area contributed by atoms with Gasteiger partial charge in [-0.25, -0.2) is 4.79 Å². The quantitative estimate of drug-likeness (QED) is 0.0331. The molecule has 1 unspecified atom stereocenters. The molecule has 9 rings (SSSR count). The van der Waals surface area contributed by atoms with Gasteiger partial charge in [-0.15, -0.1) is 0 Å². The first-order valence-corrected chi connectivity index (χ1v) is 36.0. The number of aliphatic hydroxyl groups excluding tert-OH is 25. The molecule has 29 N–H and O–H groups in total. The molecule has 0 spiro atoms. The number of carboxylic acids is 1. The Bertz CT molecular complexity index is 3040. The summed E-state index contributed by atoms with van der Waals surface area (Å²) in [7, 11) is 0. The molecule has 654 valence electrons. The number of rotatable bonds is 29. The Hall–Kier alpha value is -3.80. The minimum atomic E-state index is -3.07. The van der Waals surface area contributed by atoms with E-state index in [0.29, 0.717) is 0 Å². The minimum Gasteiger partial charge on any atom is -0.477 e. The molecule has 9 saturated heterocycles. The maximum atomic E-state index is 13.5. The molecule has 0 bridgehead atoms. The van der Waals surface area contributed by atoms with Crippen LogP contribution in [0.3, 0.4) is 0 Å². The Balaban J connectivity index is 1.01. The van der Waals surface area contributed by atoms with E-state index in [9.17, 15) is 152 Å². The van der Waals surface area contributed by atoms with Gasteiger partial charge < -0.3 is 229 Å². The number of hydrogen-bond donors (Lipinski definition) is 29. The Kier molecular flexibility index (Phi) is 32.6. The number of amides is 3. The van der Waals surface area contributed by atoms with Crippen LogP contribution in [0, 0.1) is 0 Å². The van der Waals surface area contributed by atoms with Crippen molar-refractivity contribution < 1.29 is 232 Å². The van der Waals surface area contributed by atoms with Crippen molar-refractivity contribution in [2.75, 3.05) is 46.2 Å². The molecule has 9 fully saturated rings. The van der Waals surface area contributed by atoms with Gasteiger partial charge in [-0.2, -0.15) is 0 Å². The number of carboxylic acid groups (broad SMARTS) is 1. The summed E-state index contributed by atoms with van der Waals surface area (Å²) in [4.78, 5) is 51.7. The number of aliphatic carboxylic acids is 1. The van der Waals surface area contributed by atoms with Crippen molar-refractivity contribution in [3.63, 3.8) is 0 Å². The van der Waals surface area contributed by atoms with E-state index in [1.807, 2.05) is 0 Å². The van der Waals surface area contributed by atoms with Gasteiger partial charge in [-0.3, -0.25) is 14.4 Å². The molecule has 9 aliphatic rings. The van der Waals surface area contributed by atoms with E-state index in [1.165, 1.54) is 13.8 Å². The Morgan fingerprint density at radius 2 is 0.788 bits per heavy atom. The van der Waals surface area contributed by atoms with Crippen LogP contribution in [0.5, 0.6) is 0 Å². The van der Waals surface area contributed by atoms with Crippen molar-refractivity contribution in [3.8, 4) is 0 Å². The third kappa shape index (κ3) is 20.3. The second kappa shape index (κ2) is 39.6. The van der Waals surface area contributed by atoms with Crippen LogP contribution in [-0.2, 0) is 99.7 Å². The SMILES string of the molecule is CC(=O)N[C@H]1[C@H](O[C@H]2[C@@H](O)[C@@H](CO[C@@H]3O[C@H](CO)[C@@H](O[C@@H]4O[C@H](CO)[C@H](O)[C@H](O)[C@H]4O[C@@H]4O[C@@H](C)[C@@H](O)[C@@H](O)[C@@H]4O)[C@H](O[C@@H]4O[C@@H](C)[C@@H](O)[C@@H](O)[C@@H]4O)[C@H]3NC(C)=O)O[C@@H](O[C@H]3[C@H](O)[C@@H](O)C(O)O[C@@H]3CO)[C@@H]2O)O[C@H](CO)[C@@H](O[C@@H]2O[C@H](CO[C@]3(C(=O)O)C[C@H](O)[C@@H](NC(C)=O)[C@H]([C@H](O)[C@H](O)CO)O3)[C@H](O)[C@H](O)[C@H]2O)[C@@H]1O. The second-order valence-electron chi connectivity index (χ2n) is 28.9. The summed E-state index contributed by atoms with van der Waals surface area (Å²) in [6, 6.07) is -5.68. The Labute approximate surface area is 639 Å². The topological polar surface area (TPSA) is 787 Å². The predicted octanol–water partition coefficient (Wildman–Crippen LogP) is -18.9. The number of aliphatic hydroxyl groups is 25. The highest BCUT2D eigenvalue weighted by molar-refractivity contribution is 5.77. The number of carbonyl (C=O) groups is 4. The smallest absolute Gasteiger partial charge is 0.364 e. The highest BCUT2D eigenvalue weighted by atomic mass is 16.8. The summed E-state index contributed by atoms with van der Waals surface area (Å²) >= 11 is 0. The van der Waals surface area contributed by atoms with Gasteiger partial charge in [-0.1, -0.05) is 0 Å². The van der Waals surface area contributed by atoms with Crippen molar-refractivity contribution in [3.05, 3.63) is 0 Å². The molecule has 0 aromatic rings. The van der Waals surface area contributed by atoms with Crippen molar-refractivity contribution in [1.82, 2.24) is 16.0 Å². The lowest BCUT2D eigenvalue weighted by Crippen LogP contribution is -2.71. The van der Waals surface area contributed by atoms with Crippen LogP contribution in [0.1, 0.15) is 41.0 Å². The maximum Gasteiger partial charge on any atom is 0.364 e. The number of carbonyl (C=O) groups excluding carboxylic acids is 3. The number of ether oxygens (including phenoxy) is 17. The van der Waals surface area contributed by atoms with E-state index in [2.05, 4.69) is 16.0 Å². The minimum absolute atomic E-state index is 0.833. The third-order valence-corrected chi connectivity index (χ3v) is 20.8. The molecule has 50 nitrogen and oxygen atoms in total. The van der Waals surface area contributed by atoms with Crippen LogP contribution in [0.2, 0.25) is 0 Å². The van der Waals surface area contributed by atoms with Crippen LogP contribution in [0.15, 0.2) is 0 Å². The lowest BCUT2D eigenvalue weighted by Gasteiger charge is -2.51. The van der Waals surface area contributed by atoms with E-state index in [-0.39, 0.29) is 0 Å². The summed E-state index contributed by atoms with van der Waals surface area (Å²) < 4.78 is 101. The average molecular weight is 1660 g/mol. The van der Waals surface area contributed by atoms with Crippen LogP contribution < -0.4 is 16.0 Å². The lowest BCUT2D eigenvalue weighted by molar-refractivity contribution is -0.396. The molecule has 0 aromatic heterocycles. The van der Waals surface area contributed by atoms with E-state index in [1.54, 1.807) is 0 Å². The van der Waals surface area contributed by atoms with E-state index < -0.39 is 358 Å². The standard InChI is InChI=1S/C63H105N3O47/c1-14-30(77)37(84)43(90)57(99-14)110-51-29(66-18(5)74)55(103-24(11-71)49(51)109-61-53(40(87)33(80)21(8-68)102-61)112-58-44(91)38(85)31(78)15(2)100-58)97-12-25-35(82)52(46(93)60(105-25)108-48-22(9-69)101-54(94)42(89)41(48)88)111-56-28(65-17(4)73)36(83)47(23(10-70)104-56)107-59-45(92)39(86)34(81)26(106-59)13-98-63(62(95)96)6-19(75)27(64-16(3)72)50(113-63)32(79)20(76)7-67/h14-15,19-61,67-71,75-94H,6-13H2,1-5H3,(H,64,72)(H,65,73)(H,66,74)(H,95,96)/t14-,15-,19-,20+,21+,22+,23+,24+,25+,26+,27+,28+,29+,30+,31+,32+,33-,34-,35-,36+,37+,38+,39-,40-,41+,42+,43-,44-,45+,46+,47+,48+,49+,50+,51+,52-,53+,54?,55+,56-,57-,58-,59-,60-,61-,63+/m0/s1. The van der Waals surface area contributed by atoms with Crippen LogP contribution in [-0.4, -0.2) is 484 Å². The van der Waals surface area contributed by atoms with E-state index in [0.717, 1.165) is 20.8 Å². The molecule has 0 saturated carbocycles. The molecule has 9 heterocycles. The highest BCUT2D eigenvalue weighted by Crippen LogP contribution is 2.41. The van der Waals surface area contributed by atoms with Gasteiger partial charge in [0.25, 0.3) is 5.79 Å². The summed E-state index contributed by atoms with van der Waals surface area (Å²) in [5, 5.41) is 293. The van der Waals surface area contributed by atoms with Crippen LogP contribution >= 0.6 is 0 Å². The molecule has 50 heteroatoms. The zero-order valence-electron chi connectivity index (χ0n) is 60.8. The molecule has 46 atom stereocenters. The summed E-state index contributed by atoms with van der Waals surface area (Å²) in [5.41, 5.74) is 0. The lowest BCUT2D eigenvalue weighted by atomic mass is 9.88. The highest BCUT2D eigenvalue weighted by Gasteiger charge is 2.62.